The van der Waals surface area contributed by atoms with Gasteiger partial charge in [0.2, 0.25) is 0 Å². The summed E-state index contributed by atoms with van der Waals surface area (Å²) in [5, 5.41) is 0. The summed E-state index contributed by atoms with van der Waals surface area (Å²) >= 11 is 0. The number of hydrogen-bond acceptors (Lipinski definition) is 3. The average molecular weight is 155 g/mol. The molecule has 0 saturated carbocycles. The monoisotopic (exact) mass is 155 g/mol. The fourth-order valence-electron chi connectivity index (χ4n) is 0.644. The molecule has 11 heavy (non-hydrogen) atoms. The number of ether oxygens (including phenoxy) is 1. The number of epoxide rings is 1. The minimum absolute atomic E-state index is 0.0474. The van der Waals surface area contributed by atoms with Crippen LogP contribution in [0.15, 0.2) is 12.3 Å². The summed E-state index contributed by atoms with van der Waals surface area (Å²) < 4.78 is 4.97. The van der Waals surface area contributed by atoms with E-state index in [0.29, 0.717) is 6.61 Å². The van der Waals surface area contributed by atoms with Gasteiger partial charge < -0.3 is 9.64 Å². The van der Waals surface area contributed by atoms with Gasteiger partial charge in [-0.05, 0) is 6.92 Å². The van der Waals surface area contributed by atoms with Crippen LogP contribution in [0.4, 0.5) is 0 Å². The average Bonchev–Trinajstić information content (AvgIpc) is 2.64. The Balaban J connectivity index is 2.44. The Morgan fingerprint density at radius 3 is 2.55 bits per heavy atom. The highest BCUT2D eigenvalue weighted by Crippen LogP contribution is 2.27. The van der Waals surface area contributed by atoms with Crippen molar-refractivity contribution in [2.75, 3.05) is 20.7 Å². The lowest BCUT2D eigenvalue weighted by molar-refractivity contribution is -0.118. The van der Waals surface area contributed by atoms with Crippen LogP contribution in [-0.4, -0.2) is 37.0 Å². The highest BCUT2D eigenvalue weighted by atomic mass is 16.6. The summed E-state index contributed by atoms with van der Waals surface area (Å²) in [5.41, 5.74) is -0.507. The van der Waals surface area contributed by atoms with Gasteiger partial charge in [0.05, 0.1) is 6.61 Å². The second-order valence-electron chi connectivity index (χ2n) is 3.16. The molecule has 1 atom stereocenters. The van der Waals surface area contributed by atoms with E-state index in [2.05, 4.69) is 0 Å². The topological polar surface area (TPSA) is 32.8 Å². The molecule has 1 saturated heterocycles. The van der Waals surface area contributed by atoms with E-state index in [-0.39, 0.29) is 5.78 Å². The first-order valence-corrected chi connectivity index (χ1v) is 3.58. The lowest BCUT2D eigenvalue weighted by atomic mass is 10.1. The molecule has 1 unspecified atom stereocenters. The maximum atomic E-state index is 11.2. The van der Waals surface area contributed by atoms with Crippen LogP contribution in [0, 0.1) is 0 Å². The van der Waals surface area contributed by atoms with Gasteiger partial charge in [0, 0.05) is 26.4 Å². The second-order valence-corrected chi connectivity index (χ2v) is 3.16. The van der Waals surface area contributed by atoms with Gasteiger partial charge in [-0.25, -0.2) is 0 Å². The second kappa shape index (κ2) is 2.66. The molecular weight excluding hydrogens is 142 g/mol. The highest BCUT2D eigenvalue weighted by Gasteiger charge is 2.45. The van der Waals surface area contributed by atoms with Crippen molar-refractivity contribution in [1.82, 2.24) is 4.90 Å². The largest absolute Gasteiger partial charge is 0.383 e. The molecule has 0 spiro atoms. The Labute approximate surface area is 66.6 Å². The summed E-state index contributed by atoms with van der Waals surface area (Å²) in [4.78, 5) is 13.0. The van der Waals surface area contributed by atoms with Crippen molar-refractivity contribution < 1.29 is 9.53 Å². The van der Waals surface area contributed by atoms with Crippen molar-refractivity contribution in [1.29, 1.82) is 0 Å². The van der Waals surface area contributed by atoms with Gasteiger partial charge in [0.25, 0.3) is 0 Å². The van der Waals surface area contributed by atoms with Crippen molar-refractivity contribution in [3.63, 3.8) is 0 Å². The van der Waals surface area contributed by atoms with Crippen LogP contribution in [0.5, 0.6) is 0 Å². The normalized spacial score (nSPS) is 29.0. The third-order valence-electron chi connectivity index (χ3n) is 1.62. The first kappa shape index (κ1) is 8.27. The van der Waals surface area contributed by atoms with Gasteiger partial charge >= 0.3 is 0 Å². The molecular formula is C8H13NO2. The maximum Gasteiger partial charge on any atom is 0.190 e. The molecule has 62 valence electrons. The molecule has 0 aromatic rings. The fraction of sp³-hybridized carbons (Fsp3) is 0.625. The van der Waals surface area contributed by atoms with E-state index in [0.717, 1.165) is 0 Å². The molecule has 3 nitrogen and oxygen atoms in total. The summed E-state index contributed by atoms with van der Waals surface area (Å²) in [5.74, 6) is 0.0474. The molecule has 0 aromatic heterocycles. The summed E-state index contributed by atoms with van der Waals surface area (Å²) in [6.45, 7) is 2.36. The third-order valence-corrected chi connectivity index (χ3v) is 1.62. The molecule has 0 amide bonds. The maximum absolute atomic E-state index is 11.2. The van der Waals surface area contributed by atoms with Crippen molar-refractivity contribution in [2.45, 2.75) is 12.5 Å². The summed E-state index contributed by atoms with van der Waals surface area (Å²) in [6.07, 6.45) is 3.28. The predicted molar refractivity (Wildman–Crippen MR) is 42.2 cm³/mol. The minimum atomic E-state index is -0.507. The van der Waals surface area contributed by atoms with E-state index < -0.39 is 5.60 Å². The Morgan fingerprint density at radius 2 is 2.18 bits per heavy atom. The van der Waals surface area contributed by atoms with Gasteiger partial charge in [0.1, 0.15) is 0 Å². The fourth-order valence-corrected chi connectivity index (χ4v) is 0.644. The van der Waals surface area contributed by atoms with Crippen LogP contribution in [0.25, 0.3) is 0 Å². The summed E-state index contributed by atoms with van der Waals surface area (Å²) in [6, 6.07) is 0. The first-order valence-electron chi connectivity index (χ1n) is 3.58. The Hall–Kier alpha value is -0.830. The Bertz CT molecular complexity index is 192. The molecule has 0 bridgehead atoms. The zero-order chi connectivity index (χ0) is 8.48. The number of carbonyl (C=O) groups is 1. The van der Waals surface area contributed by atoms with Gasteiger partial charge in [-0.15, -0.1) is 0 Å². The molecule has 1 heterocycles. The van der Waals surface area contributed by atoms with E-state index in [1.165, 1.54) is 0 Å². The zero-order valence-electron chi connectivity index (χ0n) is 7.13. The third kappa shape index (κ3) is 2.05. The standard InChI is InChI=1S/C8H13NO2/c1-8(6-11-8)7(10)4-5-9(2)3/h4-5H,6H2,1-3H3/b5-4+. The number of ketones is 1. The Morgan fingerprint density at radius 1 is 1.64 bits per heavy atom. The molecule has 0 radical (unpaired) electrons. The molecule has 0 N–H and O–H groups in total. The van der Waals surface area contributed by atoms with Crippen LogP contribution in [0.3, 0.4) is 0 Å². The van der Waals surface area contributed by atoms with Gasteiger partial charge in [-0.2, -0.15) is 0 Å². The highest BCUT2D eigenvalue weighted by molar-refractivity contribution is 5.98. The number of carbonyl (C=O) groups excluding carboxylic acids is 1. The van der Waals surface area contributed by atoms with Crippen LogP contribution >= 0.6 is 0 Å². The predicted octanol–water partition coefficient (Wildman–Crippen LogP) is 0.420. The molecule has 1 fully saturated rings. The van der Waals surface area contributed by atoms with Crippen LogP contribution in [-0.2, 0) is 9.53 Å². The van der Waals surface area contributed by atoms with Gasteiger partial charge in [0.15, 0.2) is 11.4 Å². The zero-order valence-corrected chi connectivity index (χ0v) is 7.13. The summed E-state index contributed by atoms with van der Waals surface area (Å²) in [7, 11) is 3.75. The SMILES string of the molecule is CN(C)/C=C/C(=O)C1(C)CO1. The van der Waals surface area contributed by atoms with Crippen molar-refractivity contribution in [3.05, 3.63) is 12.3 Å². The Kier molecular flexibility index (Phi) is 2.00. The quantitative estimate of drug-likeness (QED) is 0.437. The molecule has 1 aliphatic rings. The molecule has 1 rings (SSSR count). The number of nitrogens with zero attached hydrogens (tertiary/aromatic N) is 1. The minimum Gasteiger partial charge on any atom is -0.383 e. The molecule has 1 aliphatic heterocycles. The molecule has 3 heteroatoms. The molecule has 0 aliphatic carbocycles. The van der Waals surface area contributed by atoms with E-state index >= 15 is 0 Å². The lowest BCUT2D eigenvalue weighted by Crippen LogP contribution is -2.18. The van der Waals surface area contributed by atoms with E-state index in [4.69, 9.17) is 4.74 Å². The van der Waals surface area contributed by atoms with Crippen molar-refractivity contribution in [3.8, 4) is 0 Å². The van der Waals surface area contributed by atoms with E-state index in [9.17, 15) is 4.79 Å². The van der Waals surface area contributed by atoms with Crippen LogP contribution < -0.4 is 0 Å². The van der Waals surface area contributed by atoms with E-state index in [1.807, 2.05) is 19.0 Å². The molecule has 0 aromatic carbocycles. The van der Waals surface area contributed by atoms with Gasteiger partial charge in [-0.1, -0.05) is 0 Å². The van der Waals surface area contributed by atoms with Crippen molar-refractivity contribution in [2.24, 2.45) is 0 Å². The van der Waals surface area contributed by atoms with Crippen LogP contribution in [0.2, 0.25) is 0 Å². The smallest absolute Gasteiger partial charge is 0.190 e. The van der Waals surface area contributed by atoms with Crippen LogP contribution in [0.1, 0.15) is 6.92 Å². The lowest BCUT2D eigenvalue weighted by Gasteiger charge is -2.03. The number of rotatable bonds is 3. The first-order chi connectivity index (χ1) is 5.04. The number of hydrogen-bond donors (Lipinski definition) is 0. The van der Waals surface area contributed by atoms with Crippen molar-refractivity contribution >= 4 is 5.78 Å². The van der Waals surface area contributed by atoms with Gasteiger partial charge in [-0.3, -0.25) is 4.79 Å². The van der Waals surface area contributed by atoms with E-state index in [1.54, 1.807) is 19.2 Å².